The van der Waals surface area contributed by atoms with Crippen LogP contribution >= 0.6 is 12.4 Å². The number of hydrogen-bond acceptors (Lipinski definition) is 3. The number of hydrogen-bond donors (Lipinski definition) is 3. The lowest BCUT2D eigenvalue weighted by Gasteiger charge is -1.96. The Morgan fingerprint density at radius 3 is 2.25 bits per heavy atom. The SMILES string of the molecule is Cl.N=CCCCCCC(=N)C=N. The molecule has 0 unspecified atom stereocenters. The number of unbranched alkanes of at least 4 members (excludes halogenated alkanes) is 3. The van der Waals surface area contributed by atoms with Crippen LogP contribution in [0.25, 0.3) is 0 Å². The first-order chi connectivity index (χ1) is 5.31. The minimum atomic E-state index is 0. The molecule has 0 aliphatic heterocycles. The highest BCUT2D eigenvalue weighted by atomic mass is 35.5. The predicted molar refractivity (Wildman–Crippen MR) is 55.6 cm³/mol. The molecule has 0 atom stereocenters. The van der Waals surface area contributed by atoms with Gasteiger partial charge in [0, 0.05) is 11.9 Å². The zero-order valence-corrected chi connectivity index (χ0v) is 7.91. The Balaban J connectivity index is 0. The molecule has 0 aromatic heterocycles. The fraction of sp³-hybridized carbons (Fsp3) is 0.625. The molecule has 0 bridgehead atoms. The third-order valence-corrected chi connectivity index (χ3v) is 1.47. The zero-order valence-electron chi connectivity index (χ0n) is 7.10. The van der Waals surface area contributed by atoms with Crippen molar-refractivity contribution in [2.24, 2.45) is 0 Å². The molecule has 0 aromatic rings. The van der Waals surface area contributed by atoms with Crippen molar-refractivity contribution < 1.29 is 0 Å². The molecule has 0 aliphatic rings. The molecule has 0 amide bonds. The van der Waals surface area contributed by atoms with Crippen LogP contribution in [0.1, 0.15) is 32.1 Å². The molecule has 0 saturated heterocycles. The largest absolute Gasteiger partial charge is 0.313 e. The van der Waals surface area contributed by atoms with E-state index < -0.39 is 0 Å². The van der Waals surface area contributed by atoms with Gasteiger partial charge in [0.05, 0.1) is 0 Å². The second kappa shape index (κ2) is 10.3. The van der Waals surface area contributed by atoms with E-state index in [1.54, 1.807) is 0 Å². The third-order valence-electron chi connectivity index (χ3n) is 1.47. The Kier molecular flexibility index (Phi) is 11.9. The van der Waals surface area contributed by atoms with E-state index >= 15 is 0 Å². The van der Waals surface area contributed by atoms with E-state index in [2.05, 4.69) is 0 Å². The highest BCUT2D eigenvalue weighted by molar-refractivity contribution is 6.27. The van der Waals surface area contributed by atoms with Crippen molar-refractivity contribution in [3.63, 3.8) is 0 Å². The summed E-state index contributed by atoms with van der Waals surface area (Å²) in [7, 11) is 0. The average Bonchev–Trinajstić information content (AvgIpc) is 2.04. The van der Waals surface area contributed by atoms with E-state index in [-0.39, 0.29) is 12.4 Å². The third kappa shape index (κ3) is 9.30. The molecule has 0 aromatic carbocycles. The van der Waals surface area contributed by atoms with E-state index in [0.717, 1.165) is 31.9 Å². The van der Waals surface area contributed by atoms with Gasteiger partial charge < -0.3 is 16.2 Å². The van der Waals surface area contributed by atoms with Crippen molar-refractivity contribution in [1.29, 1.82) is 16.2 Å². The van der Waals surface area contributed by atoms with Crippen molar-refractivity contribution in [3.8, 4) is 0 Å². The molecular formula is C8H16ClN3. The predicted octanol–water partition coefficient (Wildman–Crippen LogP) is 2.68. The Hall–Kier alpha value is -0.700. The van der Waals surface area contributed by atoms with Crippen molar-refractivity contribution in [3.05, 3.63) is 0 Å². The Morgan fingerprint density at radius 1 is 1.08 bits per heavy atom. The zero-order chi connectivity index (χ0) is 8.53. The summed E-state index contributed by atoms with van der Waals surface area (Å²) < 4.78 is 0. The fourth-order valence-electron chi connectivity index (χ4n) is 0.811. The monoisotopic (exact) mass is 189 g/mol. The van der Waals surface area contributed by atoms with Gasteiger partial charge >= 0.3 is 0 Å². The van der Waals surface area contributed by atoms with Gasteiger partial charge in [0.15, 0.2) is 0 Å². The van der Waals surface area contributed by atoms with Crippen molar-refractivity contribution in [2.75, 3.05) is 0 Å². The summed E-state index contributed by atoms with van der Waals surface area (Å²) in [5.41, 5.74) is 0.403. The molecular weight excluding hydrogens is 174 g/mol. The maximum Gasteiger partial charge on any atom is 0.0489 e. The summed E-state index contributed by atoms with van der Waals surface area (Å²) >= 11 is 0. The standard InChI is InChI=1S/C8H15N3.ClH/c9-6-4-2-1-3-5-8(11)7-10;/h6-7,9-11H,1-5H2;1H. The molecule has 3 N–H and O–H groups in total. The Morgan fingerprint density at radius 2 is 1.75 bits per heavy atom. The summed E-state index contributed by atoms with van der Waals surface area (Å²) in [4.78, 5) is 0. The maximum atomic E-state index is 7.13. The summed E-state index contributed by atoms with van der Waals surface area (Å²) in [6.45, 7) is 0. The van der Waals surface area contributed by atoms with Gasteiger partial charge in [-0.2, -0.15) is 0 Å². The molecule has 3 nitrogen and oxygen atoms in total. The molecule has 0 fully saturated rings. The lowest BCUT2D eigenvalue weighted by atomic mass is 10.1. The van der Waals surface area contributed by atoms with E-state index in [1.807, 2.05) is 0 Å². The molecule has 0 radical (unpaired) electrons. The van der Waals surface area contributed by atoms with Crippen LogP contribution in [0.4, 0.5) is 0 Å². The maximum absolute atomic E-state index is 7.13. The molecule has 4 heteroatoms. The van der Waals surface area contributed by atoms with E-state index in [0.29, 0.717) is 12.1 Å². The first-order valence-electron chi connectivity index (χ1n) is 3.88. The van der Waals surface area contributed by atoms with Crippen LogP contribution in [0, 0.1) is 16.2 Å². The first-order valence-corrected chi connectivity index (χ1v) is 3.88. The normalized spacial score (nSPS) is 8.33. The first kappa shape index (κ1) is 13.9. The minimum absolute atomic E-state index is 0. The molecule has 0 spiro atoms. The fourth-order valence-corrected chi connectivity index (χ4v) is 0.811. The highest BCUT2D eigenvalue weighted by Gasteiger charge is 1.91. The molecule has 0 saturated carbocycles. The van der Waals surface area contributed by atoms with Crippen LogP contribution in [0.5, 0.6) is 0 Å². The van der Waals surface area contributed by atoms with E-state index in [4.69, 9.17) is 16.2 Å². The van der Waals surface area contributed by atoms with Crippen molar-refractivity contribution in [2.45, 2.75) is 32.1 Å². The average molecular weight is 190 g/mol. The highest BCUT2D eigenvalue weighted by Crippen LogP contribution is 2.01. The van der Waals surface area contributed by atoms with Gasteiger partial charge in [0.2, 0.25) is 0 Å². The molecule has 70 valence electrons. The lowest BCUT2D eigenvalue weighted by Crippen LogP contribution is -1.95. The quantitative estimate of drug-likeness (QED) is 0.407. The molecule has 0 aliphatic carbocycles. The van der Waals surface area contributed by atoms with Gasteiger partial charge in [-0.25, -0.2) is 0 Å². The Labute approximate surface area is 79.5 Å². The van der Waals surface area contributed by atoms with Crippen LogP contribution in [0.15, 0.2) is 0 Å². The smallest absolute Gasteiger partial charge is 0.0489 e. The summed E-state index contributed by atoms with van der Waals surface area (Å²) in [5.74, 6) is 0. The molecule has 0 rings (SSSR count). The van der Waals surface area contributed by atoms with Crippen molar-refractivity contribution >= 4 is 30.5 Å². The van der Waals surface area contributed by atoms with Gasteiger partial charge in [-0.3, -0.25) is 0 Å². The second-order valence-corrected chi connectivity index (χ2v) is 2.47. The van der Waals surface area contributed by atoms with E-state index in [1.165, 1.54) is 6.21 Å². The number of rotatable bonds is 7. The van der Waals surface area contributed by atoms with Gasteiger partial charge in [-0.1, -0.05) is 6.42 Å². The molecule has 12 heavy (non-hydrogen) atoms. The summed E-state index contributed by atoms with van der Waals surface area (Å²) in [5, 5.41) is 20.6. The van der Waals surface area contributed by atoms with Gasteiger partial charge in [0.25, 0.3) is 0 Å². The van der Waals surface area contributed by atoms with Crippen LogP contribution in [-0.2, 0) is 0 Å². The van der Waals surface area contributed by atoms with Gasteiger partial charge in [0.1, 0.15) is 0 Å². The van der Waals surface area contributed by atoms with Crippen LogP contribution in [0.2, 0.25) is 0 Å². The summed E-state index contributed by atoms with van der Waals surface area (Å²) in [6, 6.07) is 0. The van der Waals surface area contributed by atoms with Gasteiger partial charge in [-0.05, 0) is 31.9 Å². The second-order valence-electron chi connectivity index (χ2n) is 2.47. The number of halogens is 1. The summed E-state index contributed by atoms with van der Waals surface area (Å²) in [6.07, 6.45) is 7.14. The van der Waals surface area contributed by atoms with Crippen LogP contribution in [-0.4, -0.2) is 18.1 Å². The number of nitrogens with one attached hydrogen (secondary N) is 3. The Bertz CT molecular complexity index is 145. The minimum Gasteiger partial charge on any atom is -0.313 e. The van der Waals surface area contributed by atoms with E-state index in [9.17, 15) is 0 Å². The molecule has 0 heterocycles. The topological polar surface area (TPSA) is 71.6 Å². The van der Waals surface area contributed by atoms with Crippen LogP contribution < -0.4 is 0 Å². The van der Waals surface area contributed by atoms with Crippen molar-refractivity contribution in [1.82, 2.24) is 0 Å². The lowest BCUT2D eigenvalue weighted by molar-refractivity contribution is 0.720. The van der Waals surface area contributed by atoms with Crippen LogP contribution in [0.3, 0.4) is 0 Å². The van der Waals surface area contributed by atoms with Gasteiger partial charge in [-0.15, -0.1) is 12.4 Å².